The van der Waals surface area contributed by atoms with Crippen LogP contribution in [-0.2, 0) is 0 Å². The van der Waals surface area contributed by atoms with Crippen molar-refractivity contribution in [3.05, 3.63) is 0 Å². The summed E-state index contributed by atoms with van der Waals surface area (Å²) in [5.74, 6) is 1.27. The highest BCUT2D eigenvalue weighted by atomic mass is 16.5. The summed E-state index contributed by atoms with van der Waals surface area (Å²) in [5.41, 5.74) is 0. The van der Waals surface area contributed by atoms with E-state index >= 15 is 0 Å². The fourth-order valence-electron chi connectivity index (χ4n) is 1.87. The van der Waals surface area contributed by atoms with Gasteiger partial charge in [0.05, 0.1) is 6.61 Å². The first-order valence-corrected chi connectivity index (χ1v) is 6.60. The Bertz CT molecular complexity index is 370. The maximum absolute atomic E-state index is 5.39. The molecule has 1 saturated carbocycles. The van der Waals surface area contributed by atoms with Gasteiger partial charge in [-0.3, -0.25) is 0 Å². The van der Waals surface area contributed by atoms with Crippen LogP contribution in [0.3, 0.4) is 0 Å². The van der Waals surface area contributed by atoms with Crippen molar-refractivity contribution in [1.82, 2.24) is 15.0 Å². The van der Waals surface area contributed by atoms with Crippen LogP contribution in [0.25, 0.3) is 0 Å². The molecular weight excluding hydrogens is 230 g/mol. The van der Waals surface area contributed by atoms with E-state index in [0.717, 1.165) is 6.54 Å². The zero-order chi connectivity index (χ0) is 13.0. The molecule has 1 heterocycles. The van der Waals surface area contributed by atoms with Crippen LogP contribution in [0.5, 0.6) is 6.01 Å². The monoisotopic (exact) mass is 251 g/mol. The van der Waals surface area contributed by atoms with Gasteiger partial charge in [0.2, 0.25) is 11.9 Å². The molecule has 0 spiro atoms. The standard InChI is InChI=1S/C12H21N5O/c1-4-13-10-14-11(16-12(15-10)18-5-2)17(3)9-7-6-8-9/h9H,4-8H2,1-3H3,(H,13,14,15,16). The molecule has 6 nitrogen and oxygen atoms in total. The van der Waals surface area contributed by atoms with Gasteiger partial charge in [0.15, 0.2) is 0 Å². The summed E-state index contributed by atoms with van der Waals surface area (Å²) in [6, 6.07) is 0.945. The van der Waals surface area contributed by atoms with E-state index in [4.69, 9.17) is 4.74 Å². The van der Waals surface area contributed by atoms with Crippen molar-refractivity contribution in [3.8, 4) is 6.01 Å². The molecule has 100 valence electrons. The summed E-state index contributed by atoms with van der Waals surface area (Å²) >= 11 is 0. The lowest BCUT2D eigenvalue weighted by Crippen LogP contribution is -2.38. The van der Waals surface area contributed by atoms with Crippen molar-refractivity contribution in [2.75, 3.05) is 30.4 Å². The molecule has 1 aromatic rings. The van der Waals surface area contributed by atoms with Gasteiger partial charge in [-0.2, -0.15) is 15.0 Å². The van der Waals surface area contributed by atoms with Crippen LogP contribution in [0.15, 0.2) is 0 Å². The Hall–Kier alpha value is -1.59. The molecule has 0 bridgehead atoms. The smallest absolute Gasteiger partial charge is 0.323 e. The number of nitrogens with one attached hydrogen (secondary N) is 1. The lowest BCUT2D eigenvalue weighted by atomic mass is 9.92. The second kappa shape index (κ2) is 5.84. The average molecular weight is 251 g/mol. The molecule has 0 aromatic carbocycles. The highest BCUT2D eigenvalue weighted by Gasteiger charge is 2.24. The van der Waals surface area contributed by atoms with E-state index in [1.165, 1.54) is 19.3 Å². The van der Waals surface area contributed by atoms with Crippen molar-refractivity contribution < 1.29 is 4.74 Å². The molecule has 1 aliphatic carbocycles. The Morgan fingerprint density at radius 3 is 2.61 bits per heavy atom. The maximum Gasteiger partial charge on any atom is 0.323 e. The minimum Gasteiger partial charge on any atom is -0.464 e. The van der Waals surface area contributed by atoms with Gasteiger partial charge < -0.3 is 15.0 Å². The number of hydrogen-bond donors (Lipinski definition) is 1. The van der Waals surface area contributed by atoms with Gasteiger partial charge in [-0.1, -0.05) is 0 Å². The number of ether oxygens (including phenoxy) is 1. The number of hydrogen-bond acceptors (Lipinski definition) is 6. The molecule has 1 fully saturated rings. The third-order valence-corrected chi connectivity index (χ3v) is 3.15. The van der Waals surface area contributed by atoms with E-state index in [2.05, 4.69) is 25.2 Å². The van der Waals surface area contributed by atoms with Gasteiger partial charge in [-0.25, -0.2) is 0 Å². The predicted molar refractivity (Wildman–Crippen MR) is 71.2 cm³/mol. The third kappa shape index (κ3) is 2.80. The average Bonchev–Trinajstić information content (AvgIpc) is 2.27. The van der Waals surface area contributed by atoms with E-state index in [1.807, 2.05) is 20.9 Å². The molecule has 1 N–H and O–H groups in total. The molecule has 0 saturated heterocycles. The molecule has 0 unspecified atom stereocenters. The van der Waals surface area contributed by atoms with Crippen molar-refractivity contribution in [2.24, 2.45) is 0 Å². The Labute approximate surface area is 108 Å². The van der Waals surface area contributed by atoms with Crippen LogP contribution in [0.4, 0.5) is 11.9 Å². The first-order chi connectivity index (χ1) is 8.74. The third-order valence-electron chi connectivity index (χ3n) is 3.15. The van der Waals surface area contributed by atoms with Gasteiger partial charge in [0.25, 0.3) is 0 Å². The van der Waals surface area contributed by atoms with E-state index in [-0.39, 0.29) is 0 Å². The molecule has 6 heteroatoms. The summed E-state index contributed by atoms with van der Waals surface area (Å²) in [4.78, 5) is 15.1. The van der Waals surface area contributed by atoms with E-state index in [9.17, 15) is 0 Å². The molecule has 2 rings (SSSR count). The van der Waals surface area contributed by atoms with Gasteiger partial charge in [-0.15, -0.1) is 0 Å². The van der Waals surface area contributed by atoms with E-state index in [0.29, 0.717) is 30.6 Å². The predicted octanol–water partition coefficient (Wildman–Crippen LogP) is 1.69. The van der Waals surface area contributed by atoms with Gasteiger partial charge >= 0.3 is 6.01 Å². The molecule has 0 atom stereocenters. The molecule has 0 radical (unpaired) electrons. The van der Waals surface area contributed by atoms with Crippen molar-refractivity contribution in [3.63, 3.8) is 0 Å². The summed E-state index contributed by atoms with van der Waals surface area (Å²) < 4.78 is 5.39. The van der Waals surface area contributed by atoms with Crippen LogP contribution in [0.2, 0.25) is 0 Å². The SMILES string of the molecule is CCNc1nc(OCC)nc(N(C)C2CCC2)n1. The largest absolute Gasteiger partial charge is 0.464 e. The Morgan fingerprint density at radius 1 is 1.28 bits per heavy atom. The van der Waals surface area contributed by atoms with Crippen LogP contribution in [0.1, 0.15) is 33.1 Å². The minimum absolute atomic E-state index is 0.393. The number of aromatic nitrogens is 3. The highest BCUT2D eigenvalue weighted by Crippen LogP contribution is 2.27. The first-order valence-electron chi connectivity index (χ1n) is 6.60. The molecule has 0 aliphatic heterocycles. The van der Waals surface area contributed by atoms with Crippen molar-refractivity contribution in [1.29, 1.82) is 0 Å². The summed E-state index contributed by atoms with van der Waals surface area (Å²) in [6.45, 7) is 5.27. The molecule has 18 heavy (non-hydrogen) atoms. The topological polar surface area (TPSA) is 63.2 Å². The second-order valence-electron chi connectivity index (χ2n) is 4.40. The Morgan fingerprint density at radius 2 is 2.06 bits per heavy atom. The zero-order valence-electron chi connectivity index (χ0n) is 11.3. The molecule has 1 aliphatic rings. The minimum atomic E-state index is 0.393. The normalized spacial score (nSPS) is 15.1. The van der Waals surface area contributed by atoms with Crippen molar-refractivity contribution in [2.45, 2.75) is 39.2 Å². The van der Waals surface area contributed by atoms with Gasteiger partial charge in [0.1, 0.15) is 0 Å². The van der Waals surface area contributed by atoms with Crippen LogP contribution >= 0.6 is 0 Å². The summed E-state index contributed by atoms with van der Waals surface area (Å²) in [6.07, 6.45) is 3.71. The maximum atomic E-state index is 5.39. The fraction of sp³-hybridized carbons (Fsp3) is 0.750. The van der Waals surface area contributed by atoms with Crippen LogP contribution in [-0.4, -0.2) is 41.2 Å². The van der Waals surface area contributed by atoms with E-state index < -0.39 is 0 Å². The Balaban J connectivity index is 2.20. The van der Waals surface area contributed by atoms with Crippen LogP contribution < -0.4 is 15.0 Å². The van der Waals surface area contributed by atoms with E-state index in [1.54, 1.807) is 0 Å². The molecular formula is C12H21N5O. The second-order valence-corrected chi connectivity index (χ2v) is 4.40. The van der Waals surface area contributed by atoms with Crippen molar-refractivity contribution >= 4 is 11.9 Å². The van der Waals surface area contributed by atoms with Gasteiger partial charge in [-0.05, 0) is 33.1 Å². The van der Waals surface area contributed by atoms with Gasteiger partial charge in [0, 0.05) is 19.6 Å². The molecule has 0 amide bonds. The van der Waals surface area contributed by atoms with Crippen LogP contribution in [0, 0.1) is 0 Å². The lowest BCUT2D eigenvalue weighted by molar-refractivity contribution is 0.310. The number of anilines is 2. The Kier molecular flexibility index (Phi) is 4.17. The number of rotatable bonds is 6. The summed E-state index contributed by atoms with van der Waals surface area (Å²) in [7, 11) is 2.03. The number of nitrogens with zero attached hydrogens (tertiary/aromatic N) is 4. The summed E-state index contributed by atoms with van der Waals surface area (Å²) in [5, 5.41) is 3.11. The zero-order valence-corrected chi connectivity index (χ0v) is 11.3. The lowest BCUT2D eigenvalue weighted by Gasteiger charge is -2.34. The first kappa shape index (κ1) is 12.9. The fourth-order valence-corrected chi connectivity index (χ4v) is 1.87. The highest BCUT2D eigenvalue weighted by molar-refractivity contribution is 5.39. The quantitative estimate of drug-likeness (QED) is 0.830. The molecule has 1 aromatic heterocycles.